The van der Waals surface area contributed by atoms with Crippen LogP contribution in [0, 0.1) is 0 Å². The van der Waals surface area contributed by atoms with Crippen molar-refractivity contribution in [3.8, 4) is 0 Å². The second kappa shape index (κ2) is 5.57. The summed E-state index contributed by atoms with van der Waals surface area (Å²) < 4.78 is 22.4. The van der Waals surface area contributed by atoms with Gasteiger partial charge in [0.25, 0.3) is 11.5 Å². The van der Waals surface area contributed by atoms with Gasteiger partial charge in [-0.05, 0) is 24.3 Å². The Kier molecular flexibility index (Phi) is 3.72. The number of fused-ring (bicyclic) bond motifs is 1. The average molecular weight is 350 g/mol. The number of benzene rings is 1. The Morgan fingerprint density at radius 1 is 1.26 bits per heavy atom. The zero-order valence-electron chi connectivity index (χ0n) is 11.4. The summed E-state index contributed by atoms with van der Waals surface area (Å²) in [4.78, 5) is 30.9. The van der Waals surface area contributed by atoms with E-state index in [4.69, 9.17) is 5.14 Å². The minimum atomic E-state index is -3.79. The minimum absolute atomic E-state index is 0.0582. The van der Waals surface area contributed by atoms with Crippen molar-refractivity contribution in [3.63, 3.8) is 0 Å². The summed E-state index contributed by atoms with van der Waals surface area (Å²) in [7, 11) is -3.79. The van der Waals surface area contributed by atoms with E-state index in [1.165, 1.54) is 41.9 Å². The van der Waals surface area contributed by atoms with Gasteiger partial charge >= 0.3 is 0 Å². The molecular formula is C13H10N4O4S2. The lowest BCUT2D eigenvalue weighted by Gasteiger charge is -2.05. The molecule has 2 heterocycles. The van der Waals surface area contributed by atoms with Crippen LogP contribution >= 0.6 is 11.3 Å². The van der Waals surface area contributed by atoms with Gasteiger partial charge in [0.2, 0.25) is 10.0 Å². The number of carbonyl (C=O) groups is 1. The molecule has 0 fully saturated rings. The molecule has 8 nitrogen and oxygen atoms in total. The third kappa shape index (κ3) is 2.99. The van der Waals surface area contributed by atoms with Crippen molar-refractivity contribution in [1.82, 2.24) is 9.97 Å². The van der Waals surface area contributed by atoms with Crippen LogP contribution in [0.15, 0.2) is 45.7 Å². The molecule has 0 aliphatic carbocycles. The van der Waals surface area contributed by atoms with Crippen LogP contribution in [-0.4, -0.2) is 24.3 Å². The molecule has 1 aromatic carbocycles. The normalized spacial score (nSPS) is 11.5. The topological polar surface area (TPSA) is 135 Å². The highest BCUT2D eigenvalue weighted by atomic mass is 32.2. The Morgan fingerprint density at radius 2 is 1.96 bits per heavy atom. The smallest absolute Gasteiger partial charge is 0.260 e. The highest BCUT2D eigenvalue weighted by molar-refractivity contribution is 7.89. The summed E-state index contributed by atoms with van der Waals surface area (Å²) in [6.07, 6.45) is 1.27. The van der Waals surface area contributed by atoms with Gasteiger partial charge in [-0.1, -0.05) is 0 Å². The summed E-state index contributed by atoms with van der Waals surface area (Å²) in [5, 5.41) is 9.36. The zero-order chi connectivity index (χ0) is 16.6. The largest absolute Gasteiger partial charge is 0.322 e. The fraction of sp³-hybridized carbons (Fsp3) is 0. The minimum Gasteiger partial charge on any atom is -0.322 e. The average Bonchev–Trinajstić information content (AvgIpc) is 2.92. The Hall–Kier alpha value is -2.56. The number of aromatic amines is 1. The highest BCUT2D eigenvalue weighted by Crippen LogP contribution is 2.22. The molecule has 0 atom stereocenters. The summed E-state index contributed by atoms with van der Waals surface area (Å²) in [5.74, 6) is -0.488. The lowest BCUT2D eigenvalue weighted by atomic mass is 10.2. The summed E-state index contributed by atoms with van der Waals surface area (Å²) >= 11 is 1.19. The fourth-order valence-electron chi connectivity index (χ4n) is 1.98. The number of aromatic nitrogens is 2. The van der Waals surface area contributed by atoms with E-state index in [-0.39, 0.29) is 15.8 Å². The van der Waals surface area contributed by atoms with Crippen molar-refractivity contribution in [2.24, 2.45) is 5.14 Å². The number of primary sulfonamides is 1. The number of thiophene rings is 1. The molecule has 3 rings (SSSR count). The van der Waals surface area contributed by atoms with Crippen LogP contribution in [0.1, 0.15) is 10.4 Å². The number of nitrogens with one attached hydrogen (secondary N) is 2. The number of carbonyl (C=O) groups excluding carboxylic acids is 1. The predicted octanol–water partition coefficient (Wildman–Crippen LogP) is 0.884. The summed E-state index contributed by atoms with van der Waals surface area (Å²) in [6.45, 7) is 0. The molecule has 0 radical (unpaired) electrons. The first kappa shape index (κ1) is 15.3. The molecule has 3 aromatic rings. The Labute approximate surface area is 134 Å². The van der Waals surface area contributed by atoms with Crippen molar-refractivity contribution < 1.29 is 13.2 Å². The van der Waals surface area contributed by atoms with Gasteiger partial charge in [-0.15, -0.1) is 11.3 Å². The van der Waals surface area contributed by atoms with Gasteiger partial charge in [-0.3, -0.25) is 9.59 Å². The van der Waals surface area contributed by atoms with E-state index in [1.54, 1.807) is 5.38 Å². The molecule has 0 spiro atoms. The SMILES string of the molecule is NS(=O)(=O)c1ccc(NC(=O)c2csc3nc[nH]c(=O)c23)cc1. The van der Waals surface area contributed by atoms with E-state index in [0.29, 0.717) is 10.5 Å². The van der Waals surface area contributed by atoms with Gasteiger partial charge in [0, 0.05) is 11.1 Å². The van der Waals surface area contributed by atoms with Crippen molar-refractivity contribution in [3.05, 3.63) is 51.9 Å². The third-order valence-corrected chi connectivity index (χ3v) is 4.88. The van der Waals surface area contributed by atoms with Crippen LogP contribution in [0.4, 0.5) is 5.69 Å². The summed E-state index contributed by atoms with van der Waals surface area (Å²) in [6, 6.07) is 5.39. The Morgan fingerprint density at radius 3 is 2.61 bits per heavy atom. The lowest BCUT2D eigenvalue weighted by molar-refractivity contribution is 0.102. The van der Waals surface area contributed by atoms with E-state index in [0.717, 1.165) is 0 Å². The molecule has 2 aromatic heterocycles. The quantitative estimate of drug-likeness (QED) is 0.644. The van der Waals surface area contributed by atoms with Crippen molar-refractivity contribution in [2.45, 2.75) is 4.90 Å². The first-order valence-corrected chi connectivity index (χ1v) is 8.68. The molecule has 0 aliphatic rings. The molecule has 118 valence electrons. The van der Waals surface area contributed by atoms with Crippen molar-refractivity contribution in [1.29, 1.82) is 0 Å². The van der Waals surface area contributed by atoms with Crippen LogP contribution in [0.2, 0.25) is 0 Å². The number of anilines is 1. The van der Waals surface area contributed by atoms with E-state index < -0.39 is 21.5 Å². The molecule has 23 heavy (non-hydrogen) atoms. The summed E-state index contributed by atoms with van der Waals surface area (Å²) in [5.41, 5.74) is 0.183. The monoisotopic (exact) mass is 350 g/mol. The van der Waals surface area contributed by atoms with Crippen LogP contribution < -0.4 is 16.0 Å². The number of hydrogen-bond donors (Lipinski definition) is 3. The van der Waals surface area contributed by atoms with E-state index in [9.17, 15) is 18.0 Å². The lowest BCUT2D eigenvalue weighted by Crippen LogP contribution is -2.16. The highest BCUT2D eigenvalue weighted by Gasteiger charge is 2.16. The standard InChI is InChI=1S/C13H10N4O4S2/c14-23(20,21)8-3-1-7(2-4-8)17-11(18)9-5-22-13-10(9)12(19)15-6-16-13/h1-6H,(H,17,18)(H2,14,20,21)(H,15,16,19). The molecule has 0 bridgehead atoms. The first-order valence-electron chi connectivity index (χ1n) is 6.25. The molecule has 0 unspecified atom stereocenters. The molecule has 0 saturated heterocycles. The van der Waals surface area contributed by atoms with Gasteiger partial charge in [0.05, 0.1) is 22.2 Å². The Bertz CT molecular complexity index is 1050. The van der Waals surface area contributed by atoms with Crippen LogP contribution in [0.5, 0.6) is 0 Å². The number of rotatable bonds is 3. The molecule has 1 amide bonds. The van der Waals surface area contributed by atoms with Crippen LogP contribution in [0.25, 0.3) is 10.2 Å². The molecule has 0 saturated carbocycles. The number of sulfonamides is 1. The molecule has 0 aliphatic heterocycles. The van der Waals surface area contributed by atoms with Crippen LogP contribution in [0.3, 0.4) is 0 Å². The maximum absolute atomic E-state index is 12.3. The third-order valence-electron chi connectivity index (χ3n) is 3.06. The van der Waals surface area contributed by atoms with Gasteiger partial charge in [0.1, 0.15) is 4.83 Å². The maximum Gasteiger partial charge on any atom is 0.260 e. The zero-order valence-corrected chi connectivity index (χ0v) is 13.1. The second-order valence-electron chi connectivity index (χ2n) is 4.58. The number of hydrogen-bond acceptors (Lipinski definition) is 6. The van der Waals surface area contributed by atoms with E-state index >= 15 is 0 Å². The molecule has 4 N–H and O–H groups in total. The van der Waals surface area contributed by atoms with Gasteiger partial charge < -0.3 is 10.3 Å². The first-order chi connectivity index (χ1) is 10.9. The van der Waals surface area contributed by atoms with Gasteiger partial charge in [-0.2, -0.15) is 0 Å². The van der Waals surface area contributed by atoms with E-state index in [2.05, 4.69) is 15.3 Å². The number of nitrogens with zero attached hydrogens (tertiary/aromatic N) is 1. The number of amides is 1. The van der Waals surface area contributed by atoms with Crippen molar-refractivity contribution >= 4 is 43.2 Å². The number of H-pyrrole nitrogens is 1. The predicted molar refractivity (Wildman–Crippen MR) is 86.0 cm³/mol. The van der Waals surface area contributed by atoms with Crippen molar-refractivity contribution in [2.75, 3.05) is 5.32 Å². The fourth-order valence-corrected chi connectivity index (χ4v) is 3.38. The van der Waals surface area contributed by atoms with Crippen LogP contribution in [-0.2, 0) is 10.0 Å². The van der Waals surface area contributed by atoms with Gasteiger partial charge in [-0.25, -0.2) is 18.5 Å². The van der Waals surface area contributed by atoms with Gasteiger partial charge in [0.15, 0.2) is 0 Å². The molecule has 10 heteroatoms. The maximum atomic E-state index is 12.3. The molecular weight excluding hydrogens is 340 g/mol. The van der Waals surface area contributed by atoms with E-state index in [1.807, 2.05) is 0 Å². The Balaban J connectivity index is 1.91. The second-order valence-corrected chi connectivity index (χ2v) is 7.00. The number of nitrogens with two attached hydrogens (primary N) is 1.